The Morgan fingerprint density at radius 1 is 0.887 bits per heavy atom. The Kier molecular flexibility index (Phi) is 13.9. The van der Waals surface area contributed by atoms with E-state index in [9.17, 15) is 28.8 Å². The number of carbonyl (C=O) groups excluding carboxylic acids is 5. The molecule has 3 atom stereocenters. The number of benzene rings is 3. The average Bonchev–Trinajstić information content (AvgIpc) is 3.13. The van der Waals surface area contributed by atoms with E-state index in [4.69, 9.17) is 24.4 Å². The minimum Gasteiger partial charge on any atom is -0.474 e. The molecule has 0 spiro atoms. The first-order valence-corrected chi connectivity index (χ1v) is 16.8. The molecule has 0 saturated heterocycles. The van der Waals surface area contributed by atoms with Crippen LogP contribution in [0.4, 0.5) is 15.3 Å². The lowest BCUT2D eigenvalue weighted by molar-refractivity contribution is -0.149. The maximum Gasteiger partial charge on any atom is 0.408 e. The highest BCUT2D eigenvalue weighted by Crippen LogP contribution is 2.28. The normalized spacial score (nSPS) is 12.5. The third-order valence-electron chi connectivity index (χ3n) is 8.11. The minimum absolute atomic E-state index is 0.00494. The zero-order chi connectivity index (χ0) is 38.5. The molecule has 15 nitrogen and oxygen atoms in total. The Labute approximate surface area is 305 Å². The predicted octanol–water partition coefficient (Wildman–Crippen LogP) is 4.22. The van der Waals surface area contributed by atoms with Gasteiger partial charge in [0.2, 0.25) is 17.9 Å². The van der Waals surface area contributed by atoms with E-state index in [0.717, 1.165) is 11.1 Å². The third-order valence-corrected chi connectivity index (χ3v) is 8.11. The molecular formula is C38H43N5O10. The van der Waals surface area contributed by atoms with Crippen molar-refractivity contribution in [3.05, 3.63) is 106 Å². The maximum atomic E-state index is 13.5. The Morgan fingerprint density at radius 2 is 1.60 bits per heavy atom. The fraction of sp³-hybridized carbons (Fsp3) is 0.316. The van der Waals surface area contributed by atoms with E-state index in [0.29, 0.717) is 22.2 Å². The van der Waals surface area contributed by atoms with Crippen molar-refractivity contribution in [3.63, 3.8) is 0 Å². The summed E-state index contributed by atoms with van der Waals surface area (Å²) in [6.07, 6.45) is -1.60. The lowest BCUT2D eigenvalue weighted by Crippen LogP contribution is -2.54. The number of urea groups is 1. The zero-order valence-electron chi connectivity index (χ0n) is 29.8. The Hall–Kier alpha value is -6.38. The van der Waals surface area contributed by atoms with E-state index in [1.165, 1.54) is 19.2 Å². The van der Waals surface area contributed by atoms with Gasteiger partial charge in [-0.3, -0.25) is 9.59 Å². The van der Waals surface area contributed by atoms with Crippen molar-refractivity contribution >= 4 is 46.6 Å². The third kappa shape index (κ3) is 11.6. The molecule has 4 rings (SSSR count). The molecule has 6 N–H and O–H groups in total. The second-order valence-corrected chi connectivity index (χ2v) is 12.5. The van der Waals surface area contributed by atoms with Crippen molar-refractivity contribution < 1.29 is 42.6 Å². The summed E-state index contributed by atoms with van der Waals surface area (Å²) in [6, 6.07) is 18.7. The molecular weight excluding hydrogens is 686 g/mol. The number of hydrogen-bond acceptors (Lipinski definition) is 10. The molecule has 0 aliphatic heterocycles. The van der Waals surface area contributed by atoms with Crippen LogP contribution in [-0.4, -0.2) is 55.6 Å². The Bertz CT molecular complexity index is 1960. The van der Waals surface area contributed by atoms with Crippen LogP contribution in [-0.2, 0) is 30.5 Å². The summed E-state index contributed by atoms with van der Waals surface area (Å²) in [5.74, 6) is -2.00. The van der Waals surface area contributed by atoms with Crippen LogP contribution in [0.15, 0.2) is 88.1 Å². The summed E-state index contributed by atoms with van der Waals surface area (Å²) >= 11 is 0. The Balaban J connectivity index is 1.45. The maximum absolute atomic E-state index is 13.5. The van der Waals surface area contributed by atoms with Crippen LogP contribution in [0.2, 0.25) is 0 Å². The fourth-order valence-corrected chi connectivity index (χ4v) is 5.32. The number of esters is 1. The molecule has 280 valence electrons. The second-order valence-electron chi connectivity index (χ2n) is 12.5. The molecule has 3 aromatic carbocycles. The van der Waals surface area contributed by atoms with Crippen LogP contribution in [0.1, 0.15) is 49.5 Å². The van der Waals surface area contributed by atoms with E-state index in [1.807, 2.05) is 18.2 Å². The van der Waals surface area contributed by atoms with Gasteiger partial charge in [0, 0.05) is 35.3 Å². The fourth-order valence-electron chi connectivity index (χ4n) is 5.32. The number of hydrogen-bond donors (Lipinski definition) is 5. The van der Waals surface area contributed by atoms with E-state index < -0.39 is 53.7 Å². The van der Waals surface area contributed by atoms with Gasteiger partial charge in [-0.25, -0.2) is 19.2 Å². The van der Waals surface area contributed by atoms with Crippen LogP contribution < -0.4 is 37.4 Å². The summed E-state index contributed by atoms with van der Waals surface area (Å²) in [7, 11) is 1.22. The van der Waals surface area contributed by atoms with E-state index in [-0.39, 0.29) is 37.7 Å². The first-order chi connectivity index (χ1) is 25.3. The van der Waals surface area contributed by atoms with Gasteiger partial charge in [-0.15, -0.1) is 0 Å². The number of rotatable bonds is 16. The molecule has 1 heterocycles. The number of fused-ring (bicyclic) bond motifs is 1. The van der Waals surface area contributed by atoms with Crippen LogP contribution in [0.25, 0.3) is 11.0 Å². The molecule has 0 bridgehead atoms. The largest absolute Gasteiger partial charge is 0.474 e. The number of alkyl carbamates (subject to hydrolysis) is 1. The van der Waals surface area contributed by atoms with Crippen LogP contribution in [0.3, 0.4) is 0 Å². The molecule has 0 radical (unpaired) electrons. The predicted molar refractivity (Wildman–Crippen MR) is 195 cm³/mol. The lowest BCUT2D eigenvalue weighted by atomic mass is 10.0. The number of ether oxygens (including phenoxy) is 3. The number of nitrogens with two attached hydrogens (primary N) is 1. The van der Waals surface area contributed by atoms with Crippen molar-refractivity contribution in [1.82, 2.24) is 16.0 Å². The summed E-state index contributed by atoms with van der Waals surface area (Å²) in [6.45, 7) is 5.41. The average molecular weight is 730 g/mol. The van der Waals surface area contributed by atoms with Gasteiger partial charge in [-0.2, -0.15) is 0 Å². The van der Waals surface area contributed by atoms with Crippen molar-refractivity contribution in [2.75, 3.05) is 19.0 Å². The first kappa shape index (κ1) is 39.4. The topological polar surface area (TPSA) is 217 Å². The smallest absolute Gasteiger partial charge is 0.408 e. The molecule has 15 heteroatoms. The van der Waals surface area contributed by atoms with Crippen LogP contribution in [0, 0.1) is 12.8 Å². The van der Waals surface area contributed by atoms with Gasteiger partial charge in [-0.1, -0.05) is 56.3 Å². The zero-order valence-corrected chi connectivity index (χ0v) is 29.8. The lowest BCUT2D eigenvalue weighted by Gasteiger charge is -2.25. The molecule has 53 heavy (non-hydrogen) atoms. The monoisotopic (exact) mass is 729 g/mol. The second kappa shape index (κ2) is 18.7. The Morgan fingerprint density at radius 3 is 2.26 bits per heavy atom. The summed E-state index contributed by atoms with van der Waals surface area (Å²) in [4.78, 5) is 75.4. The highest BCUT2D eigenvalue weighted by molar-refractivity contribution is 5.98. The number of aryl methyl sites for hydroxylation is 1. The quantitative estimate of drug-likeness (QED) is 0.0629. The highest BCUT2D eigenvalue weighted by Gasteiger charge is 2.30. The molecule has 0 fully saturated rings. The molecule has 0 aliphatic carbocycles. The van der Waals surface area contributed by atoms with Crippen molar-refractivity contribution in [1.29, 1.82) is 0 Å². The van der Waals surface area contributed by atoms with E-state index in [2.05, 4.69) is 21.3 Å². The van der Waals surface area contributed by atoms with Gasteiger partial charge in [0.05, 0.1) is 7.11 Å². The molecule has 4 aromatic rings. The molecule has 1 aromatic heterocycles. The van der Waals surface area contributed by atoms with Gasteiger partial charge in [-0.05, 0) is 61.1 Å². The number of nitrogens with one attached hydrogen (secondary N) is 4. The van der Waals surface area contributed by atoms with Crippen molar-refractivity contribution in [2.45, 2.75) is 58.4 Å². The highest BCUT2D eigenvalue weighted by atomic mass is 16.6. The standard InChI is InChI=1S/C38H43N5O10/c1-22(2)32(43-38(49)51-21-24-9-6-5-7-10-24)35(46)42-29(11-8-18-40-37(39)48)34(45)41-26-14-12-25(13-15-26)33(36(47)50-4)52-27-16-17-28-23(3)19-31(44)53-30(28)20-27/h5-7,9-10,12-17,19-20,22,29,32-33H,8,11,18,21H2,1-4H3,(H,41,45)(H,42,46)(H,43,49)(H3,39,40,48). The van der Waals surface area contributed by atoms with Crippen molar-refractivity contribution in [3.8, 4) is 5.75 Å². The van der Waals surface area contributed by atoms with Crippen molar-refractivity contribution in [2.24, 2.45) is 11.7 Å². The van der Waals surface area contributed by atoms with Gasteiger partial charge >= 0.3 is 23.7 Å². The van der Waals surface area contributed by atoms with E-state index in [1.54, 1.807) is 69.3 Å². The molecule has 3 unspecified atom stereocenters. The molecule has 0 saturated carbocycles. The van der Waals surface area contributed by atoms with E-state index >= 15 is 0 Å². The number of anilines is 1. The first-order valence-electron chi connectivity index (χ1n) is 16.8. The summed E-state index contributed by atoms with van der Waals surface area (Å²) < 4.78 is 21.5. The van der Waals surface area contributed by atoms with Crippen LogP contribution in [0.5, 0.6) is 5.75 Å². The number of primary amides is 1. The number of amides is 5. The summed E-state index contributed by atoms with van der Waals surface area (Å²) in [5, 5.41) is 11.2. The van der Waals surface area contributed by atoms with Gasteiger partial charge in [0.1, 0.15) is 30.0 Å². The van der Waals surface area contributed by atoms with Gasteiger partial charge in [0.15, 0.2) is 0 Å². The molecule has 0 aliphatic rings. The van der Waals surface area contributed by atoms with Gasteiger partial charge in [0.25, 0.3) is 0 Å². The number of carbonyl (C=O) groups is 5. The SMILES string of the molecule is COC(=O)C(Oc1ccc2c(C)cc(=O)oc2c1)c1ccc(NC(=O)C(CCCNC(N)=O)NC(=O)C(NC(=O)OCc2ccccc2)C(C)C)cc1. The molecule has 5 amide bonds. The summed E-state index contributed by atoms with van der Waals surface area (Å²) in [5.41, 5.74) is 7.17. The van der Waals surface area contributed by atoms with Crippen LogP contribution >= 0.6 is 0 Å². The van der Waals surface area contributed by atoms with Gasteiger partial charge < -0.3 is 45.6 Å². The number of methoxy groups -OCH3 is 1. The minimum atomic E-state index is -1.21.